The zero-order valence-electron chi connectivity index (χ0n) is 38.7. The lowest BCUT2D eigenvalue weighted by molar-refractivity contribution is 0.196. The predicted octanol–water partition coefficient (Wildman–Crippen LogP) is 12.6. The van der Waals surface area contributed by atoms with Gasteiger partial charge in [-0.2, -0.15) is 0 Å². The largest absolute Gasteiger partial charge is 0.492 e. The maximum atomic E-state index is 16.0. The number of aromatic nitrogens is 5. The monoisotopic (exact) mass is 1030 g/mol. The van der Waals surface area contributed by atoms with E-state index < -0.39 is 11.6 Å². The topological polar surface area (TPSA) is 96.7 Å². The smallest absolute Gasteiger partial charge is 0.246 e. The van der Waals surface area contributed by atoms with Gasteiger partial charge in [0.05, 0.1) is 47.7 Å². The quantitative estimate of drug-likeness (QED) is 0.106. The van der Waals surface area contributed by atoms with Crippen molar-refractivity contribution in [3.63, 3.8) is 0 Å². The van der Waals surface area contributed by atoms with Crippen molar-refractivity contribution in [1.29, 1.82) is 0 Å². The van der Waals surface area contributed by atoms with E-state index in [0.29, 0.717) is 98.9 Å². The molecule has 0 radical (unpaired) electrons. The van der Waals surface area contributed by atoms with Gasteiger partial charge in [-0.1, -0.05) is 47.5 Å². The summed E-state index contributed by atoms with van der Waals surface area (Å²) in [5.74, 6) is 1.43. The molecular weight excluding hydrogens is 974 g/mol. The number of nitrogens with one attached hydrogen (secondary N) is 1. The predicted molar refractivity (Wildman–Crippen MR) is 282 cm³/mol. The number of rotatable bonds is 14. The molecule has 70 heavy (non-hydrogen) atoms. The van der Waals surface area contributed by atoms with Crippen molar-refractivity contribution in [3.8, 4) is 39.7 Å². The van der Waals surface area contributed by atoms with E-state index in [1.807, 2.05) is 55.1 Å². The molecule has 0 unspecified atom stereocenters. The standard InChI is InChI=1S/C53H51Cl2F2N9O2.2ClH/c1-3-67-47-29-34(30-48(68-4-2)51(47)64-25-9-10-26-64)33-63-27-21-38(22-28-63)66(53-60-46-18-16-36(55)32-42(46)50(62-53)40-12-6-8-14-44(40)57)65(37-19-23-58-24-20-37)52-59-45-17-15-35(54)31-41(45)49(61-52)39-11-5-7-13-43(39)56;;/h5-18,25-26,29-32,37-38,58H,3-4,19-24,27-28,33H2,1-2H3;2*1H. The van der Waals surface area contributed by atoms with E-state index >= 15 is 8.78 Å². The van der Waals surface area contributed by atoms with E-state index in [4.69, 9.17) is 52.6 Å². The first kappa shape index (κ1) is 50.6. The number of anilines is 2. The molecule has 0 amide bonds. The van der Waals surface area contributed by atoms with Gasteiger partial charge in [0, 0.05) is 64.0 Å². The van der Waals surface area contributed by atoms with Crippen molar-refractivity contribution in [2.45, 2.75) is 58.2 Å². The summed E-state index contributed by atoms with van der Waals surface area (Å²) >= 11 is 13.2. The molecule has 2 saturated heterocycles. The van der Waals surface area contributed by atoms with E-state index in [1.54, 1.807) is 60.7 Å². The van der Waals surface area contributed by atoms with Gasteiger partial charge in [0.15, 0.2) is 0 Å². The Morgan fingerprint density at radius 2 is 1.09 bits per heavy atom. The maximum Gasteiger partial charge on any atom is 0.246 e. The Morgan fingerprint density at radius 1 is 0.614 bits per heavy atom. The molecule has 17 heteroatoms. The normalized spacial score (nSPS) is 14.5. The minimum Gasteiger partial charge on any atom is -0.492 e. The van der Waals surface area contributed by atoms with Gasteiger partial charge in [-0.05, 0) is 143 Å². The van der Waals surface area contributed by atoms with Crippen molar-refractivity contribution >= 4 is 81.7 Å². The summed E-state index contributed by atoms with van der Waals surface area (Å²) in [6.07, 6.45) is 6.91. The second kappa shape index (κ2) is 22.5. The van der Waals surface area contributed by atoms with Gasteiger partial charge in [-0.3, -0.25) is 4.90 Å². The number of benzene rings is 5. The molecule has 2 aliphatic rings. The lowest BCUT2D eigenvalue weighted by atomic mass is 10.0. The Hall–Kier alpha value is -5.80. The van der Waals surface area contributed by atoms with Gasteiger partial charge >= 0.3 is 0 Å². The van der Waals surface area contributed by atoms with Crippen molar-refractivity contribution in [2.75, 3.05) is 49.4 Å². The van der Waals surface area contributed by atoms with Gasteiger partial charge in [0.2, 0.25) is 11.9 Å². The molecule has 364 valence electrons. The molecule has 2 fully saturated rings. The van der Waals surface area contributed by atoms with Crippen LogP contribution in [0.4, 0.5) is 20.7 Å². The summed E-state index contributed by atoms with van der Waals surface area (Å²) in [5, 5.41) is 10.0. The number of ether oxygens (including phenoxy) is 2. The minimum absolute atomic E-state index is 0. The highest BCUT2D eigenvalue weighted by Gasteiger charge is 2.38. The summed E-state index contributed by atoms with van der Waals surface area (Å²) in [7, 11) is 0. The van der Waals surface area contributed by atoms with E-state index in [9.17, 15) is 0 Å². The van der Waals surface area contributed by atoms with Crippen molar-refractivity contribution in [3.05, 3.63) is 149 Å². The van der Waals surface area contributed by atoms with Crippen molar-refractivity contribution in [2.24, 2.45) is 0 Å². The molecule has 5 aromatic carbocycles. The highest BCUT2D eigenvalue weighted by atomic mass is 35.5. The molecule has 0 aliphatic carbocycles. The van der Waals surface area contributed by atoms with Crippen LogP contribution in [-0.4, -0.2) is 80.9 Å². The second-order valence-electron chi connectivity index (χ2n) is 17.1. The third kappa shape index (κ3) is 10.5. The molecule has 8 aromatic rings. The summed E-state index contributed by atoms with van der Waals surface area (Å²) in [6, 6.07) is 32.0. The van der Waals surface area contributed by atoms with Crippen LogP contribution in [0.15, 0.2) is 122 Å². The molecule has 0 saturated carbocycles. The second-order valence-corrected chi connectivity index (χ2v) is 18.0. The highest BCUT2D eigenvalue weighted by Crippen LogP contribution is 2.40. The Morgan fingerprint density at radius 3 is 1.56 bits per heavy atom. The molecule has 10 rings (SSSR count). The van der Waals surface area contributed by atoms with Crippen LogP contribution in [0.25, 0.3) is 50.0 Å². The first-order valence-electron chi connectivity index (χ1n) is 23.3. The Labute approximate surface area is 428 Å². The van der Waals surface area contributed by atoms with Crippen LogP contribution in [0.1, 0.15) is 45.1 Å². The molecule has 0 spiro atoms. The number of hydrogen-bond acceptors (Lipinski definition) is 10. The summed E-state index contributed by atoms with van der Waals surface area (Å²) < 4.78 is 46.4. The third-order valence-electron chi connectivity index (χ3n) is 12.7. The van der Waals surface area contributed by atoms with Gasteiger partial charge in [0.25, 0.3) is 0 Å². The van der Waals surface area contributed by atoms with Crippen LogP contribution < -0.4 is 24.8 Å². The number of likely N-dealkylation sites (tertiary alicyclic amines) is 1. The number of fused-ring (bicyclic) bond motifs is 2. The first-order valence-corrected chi connectivity index (χ1v) is 24.0. The van der Waals surface area contributed by atoms with Crippen LogP contribution in [0.3, 0.4) is 0 Å². The molecular formula is C53H53Cl4F2N9O2. The third-order valence-corrected chi connectivity index (χ3v) is 13.2. The van der Waals surface area contributed by atoms with E-state index in [1.165, 1.54) is 12.1 Å². The fraction of sp³-hybridized carbons (Fsp3) is 0.283. The van der Waals surface area contributed by atoms with E-state index in [2.05, 4.69) is 32.4 Å². The molecule has 3 aromatic heterocycles. The Bertz CT molecular complexity index is 3050. The molecule has 5 heterocycles. The molecule has 0 bridgehead atoms. The molecule has 2 aliphatic heterocycles. The molecule has 11 nitrogen and oxygen atoms in total. The number of hydrazine groups is 1. The van der Waals surface area contributed by atoms with Crippen LogP contribution in [-0.2, 0) is 6.54 Å². The zero-order valence-corrected chi connectivity index (χ0v) is 41.8. The van der Waals surface area contributed by atoms with Crippen molar-refractivity contribution < 1.29 is 18.3 Å². The van der Waals surface area contributed by atoms with Gasteiger partial charge in [0.1, 0.15) is 28.8 Å². The first-order chi connectivity index (χ1) is 33.3. The molecule has 1 N–H and O–H groups in total. The summed E-state index contributed by atoms with van der Waals surface area (Å²) in [5.41, 5.74) is 4.65. The fourth-order valence-electron chi connectivity index (χ4n) is 9.60. The van der Waals surface area contributed by atoms with Crippen LogP contribution in [0.2, 0.25) is 10.0 Å². The number of piperidine rings is 2. The number of hydrogen-bond donors (Lipinski definition) is 1. The lowest BCUT2D eigenvalue weighted by Crippen LogP contribution is -2.59. The number of nitrogens with zero attached hydrogens (tertiary/aromatic N) is 8. The van der Waals surface area contributed by atoms with Gasteiger partial charge < -0.3 is 19.4 Å². The summed E-state index contributed by atoms with van der Waals surface area (Å²) in [6.45, 7) is 8.64. The maximum absolute atomic E-state index is 16.0. The average molecular weight is 1030 g/mol. The summed E-state index contributed by atoms with van der Waals surface area (Å²) in [4.78, 5) is 23.6. The van der Waals surface area contributed by atoms with Crippen LogP contribution in [0, 0.1) is 11.6 Å². The SMILES string of the molecule is CCOc1cc(CN2CCC(N(c3nc(-c4ccccc4F)c4cc(Cl)ccc4n3)N(c3nc(-c4ccccc4F)c4cc(Cl)ccc4n3)C3CCNCC3)CC2)cc(OCC)c1-n1cccc1.Cl.Cl. The average Bonchev–Trinajstić information content (AvgIpc) is 3.89. The van der Waals surface area contributed by atoms with Crippen molar-refractivity contribution in [1.82, 2.24) is 34.7 Å². The van der Waals surface area contributed by atoms with Crippen LogP contribution in [0.5, 0.6) is 11.5 Å². The zero-order chi connectivity index (χ0) is 46.7. The fourth-order valence-corrected chi connectivity index (χ4v) is 9.94. The molecule has 0 atom stereocenters. The lowest BCUT2D eigenvalue weighted by Gasteiger charge is -2.47. The Kier molecular flexibility index (Phi) is 16.3. The van der Waals surface area contributed by atoms with Gasteiger partial charge in [-0.25, -0.2) is 38.7 Å². The van der Waals surface area contributed by atoms with E-state index in [0.717, 1.165) is 61.8 Å². The Balaban J connectivity index is 0.00000329. The highest BCUT2D eigenvalue weighted by molar-refractivity contribution is 6.31. The van der Waals surface area contributed by atoms with E-state index in [-0.39, 0.29) is 36.9 Å². The minimum atomic E-state index is -0.416. The van der Waals surface area contributed by atoms with Crippen LogP contribution >= 0.6 is 48.0 Å². The van der Waals surface area contributed by atoms with Gasteiger partial charge in [-0.15, -0.1) is 24.8 Å². The number of halogens is 6.